The lowest BCUT2D eigenvalue weighted by Gasteiger charge is -2.10. The molecule has 0 unspecified atom stereocenters. The molecule has 26 heavy (non-hydrogen) atoms. The average molecular weight is 382 g/mol. The first-order chi connectivity index (χ1) is 12.3. The number of hydrogen-bond acceptors (Lipinski definition) is 4. The first-order valence-corrected chi connectivity index (χ1v) is 8.43. The molecule has 0 saturated carbocycles. The molecule has 2 aromatic carbocycles. The van der Waals surface area contributed by atoms with Gasteiger partial charge >= 0.3 is 6.36 Å². The fourth-order valence-corrected chi connectivity index (χ4v) is 3.31. The quantitative estimate of drug-likeness (QED) is 0.569. The summed E-state index contributed by atoms with van der Waals surface area (Å²) in [5.74, 6) is -0.561. The number of aromatic nitrogens is 1. The van der Waals surface area contributed by atoms with Crippen LogP contribution in [0.5, 0.6) is 5.75 Å². The van der Waals surface area contributed by atoms with Crippen LogP contribution in [0.15, 0.2) is 48.7 Å². The Morgan fingerprint density at radius 2 is 1.92 bits per heavy atom. The van der Waals surface area contributed by atoms with E-state index in [4.69, 9.17) is 0 Å². The zero-order valence-corrected chi connectivity index (χ0v) is 14.4. The summed E-state index contributed by atoms with van der Waals surface area (Å²) in [6.07, 6.45) is -3.09. The Morgan fingerprint density at radius 1 is 1.15 bits per heavy atom. The molecule has 1 N–H and O–H groups in total. The van der Waals surface area contributed by atoms with Gasteiger partial charge in [-0.05, 0) is 42.3 Å². The van der Waals surface area contributed by atoms with Gasteiger partial charge in [0.25, 0.3) is 0 Å². The predicted molar refractivity (Wildman–Crippen MR) is 92.7 cm³/mol. The molecular weight excluding hydrogens is 368 g/mol. The van der Waals surface area contributed by atoms with E-state index >= 15 is 0 Å². The molecule has 0 radical (unpaired) electrons. The molecule has 0 amide bonds. The molecule has 0 aliphatic heterocycles. The van der Waals surface area contributed by atoms with Crippen molar-refractivity contribution in [2.24, 2.45) is 0 Å². The van der Waals surface area contributed by atoms with Crippen LogP contribution in [-0.4, -0.2) is 11.3 Å². The summed E-state index contributed by atoms with van der Waals surface area (Å²) in [5.41, 5.74) is 1.92. The Hall–Kier alpha value is -2.61. The second kappa shape index (κ2) is 7.33. The van der Waals surface area contributed by atoms with Crippen LogP contribution in [0, 0.1) is 12.7 Å². The Morgan fingerprint density at radius 3 is 2.62 bits per heavy atom. The first-order valence-electron chi connectivity index (χ1n) is 7.62. The van der Waals surface area contributed by atoms with Gasteiger partial charge in [0.05, 0.1) is 4.88 Å². The van der Waals surface area contributed by atoms with Gasteiger partial charge in [0.2, 0.25) is 0 Å². The van der Waals surface area contributed by atoms with Crippen molar-refractivity contribution in [3.8, 4) is 16.2 Å². The molecule has 0 saturated heterocycles. The lowest BCUT2D eigenvalue weighted by atomic mass is 10.1. The summed E-state index contributed by atoms with van der Waals surface area (Å²) >= 11 is 1.34. The largest absolute Gasteiger partial charge is 0.573 e. The standard InChI is InChI=1S/C18H14F4N2OS/c1-11-8-13(25-18(20,21)22)6-7-14(11)16-10-24-17(26-16)23-9-12-4-2-3-5-15(12)19/h2-8,10H,9H2,1H3,(H,23,24). The minimum atomic E-state index is -4.72. The molecule has 0 atom stereocenters. The summed E-state index contributed by atoms with van der Waals surface area (Å²) in [7, 11) is 0. The van der Waals surface area contributed by atoms with Crippen molar-refractivity contribution in [3.05, 3.63) is 65.6 Å². The van der Waals surface area contributed by atoms with E-state index in [0.29, 0.717) is 16.3 Å². The summed E-state index contributed by atoms with van der Waals surface area (Å²) < 4.78 is 54.4. The molecule has 3 nitrogen and oxygen atoms in total. The molecule has 1 heterocycles. The van der Waals surface area contributed by atoms with Crippen molar-refractivity contribution >= 4 is 16.5 Å². The Kier molecular flexibility index (Phi) is 5.13. The number of hydrogen-bond donors (Lipinski definition) is 1. The van der Waals surface area contributed by atoms with Crippen LogP contribution < -0.4 is 10.1 Å². The number of halogens is 4. The summed E-state index contributed by atoms with van der Waals surface area (Å²) in [6.45, 7) is 1.99. The van der Waals surface area contributed by atoms with Gasteiger partial charge < -0.3 is 10.1 Å². The molecule has 0 fully saturated rings. The van der Waals surface area contributed by atoms with Gasteiger partial charge in [-0.3, -0.25) is 0 Å². The van der Waals surface area contributed by atoms with Crippen molar-refractivity contribution in [1.82, 2.24) is 4.98 Å². The normalized spacial score (nSPS) is 11.4. The fraction of sp³-hybridized carbons (Fsp3) is 0.167. The lowest BCUT2D eigenvalue weighted by Crippen LogP contribution is -2.17. The van der Waals surface area contributed by atoms with Crippen molar-refractivity contribution in [1.29, 1.82) is 0 Å². The number of thiazole rings is 1. The van der Waals surface area contributed by atoms with E-state index < -0.39 is 6.36 Å². The highest BCUT2D eigenvalue weighted by Crippen LogP contribution is 2.34. The van der Waals surface area contributed by atoms with Gasteiger partial charge in [0.15, 0.2) is 5.13 Å². The monoisotopic (exact) mass is 382 g/mol. The third kappa shape index (κ3) is 4.51. The highest BCUT2D eigenvalue weighted by atomic mass is 32.1. The molecular formula is C18H14F4N2OS. The molecule has 1 aromatic heterocycles. The maximum atomic E-state index is 13.6. The van der Waals surface area contributed by atoms with E-state index in [1.165, 1.54) is 29.5 Å². The summed E-state index contributed by atoms with van der Waals surface area (Å²) in [4.78, 5) is 5.02. The third-order valence-electron chi connectivity index (χ3n) is 3.59. The average Bonchev–Trinajstić information content (AvgIpc) is 3.01. The van der Waals surface area contributed by atoms with Crippen LogP contribution in [0.3, 0.4) is 0 Å². The highest BCUT2D eigenvalue weighted by molar-refractivity contribution is 7.18. The van der Waals surface area contributed by atoms with Crippen LogP contribution >= 0.6 is 11.3 Å². The van der Waals surface area contributed by atoms with Gasteiger partial charge in [-0.25, -0.2) is 9.37 Å². The minimum absolute atomic E-state index is 0.263. The van der Waals surface area contributed by atoms with E-state index in [2.05, 4.69) is 15.0 Å². The van der Waals surface area contributed by atoms with Crippen LogP contribution in [0.25, 0.3) is 10.4 Å². The molecule has 136 valence electrons. The summed E-state index contributed by atoms with van der Waals surface area (Å²) in [5, 5.41) is 3.64. The molecule has 3 aromatic rings. The second-order valence-corrected chi connectivity index (χ2v) is 6.53. The second-order valence-electron chi connectivity index (χ2n) is 5.50. The lowest BCUT2D eigenvalue weighted by molar-refractivity contribution is -0.274. The topological polar surface area (TPSA) is 34.1 Å². The zero-order chi connectivity index (χ0) is 18.7. The number of nitrogens with one attached hydrogen (secondary N) is 1. The number of alkyl halides is 3. The molecule has 0 aliphatic carbocycles. The zero-order valence-electron chi connectivity index (χ0n) is 13.6. The molecule has 0 aliphatic rings. The smallest absolute Gasteiger partial charge is 0.406 e. The third-order valence-corrected chi connectivity index (χ3v) is 4.58. The molecule has 8 heteroatoms. The molecule has 3 rings (SSSR count). The van der Waals surface area contributed by atoms with E-state index in [-0.39, 0.29) is 18.1 Å². The first kappa shape index (κ1) is 18.2. The van der Waals surface area contributed by atoms with Gasteiger partial charge in [0.1, 0.15) is 11.6 Å². The van der Waals surface area contributed by atoms with Crippen LogP contribution in [0.1, 0.15) is 11.1 Å². The highest BCUT2D eigenvalue weighted by Gasteiger charge is 2.31. The molecule has 0 bridgehead atoms. The Labute approximate surface area is 151 Å². The van der Waals surface area contributed by atoms with E-state index in [9.17, 15) is 17.6 Å². The number of ether oxygens (including phenoxy) is 1. The van der Waals surface area contributed by atoms with Crippen molar-refractivity contribution < 1.29 is 22.3 Å². The number of anilines is 1. The SMILES string of the molecule is Cc1cc(OC(F)(F)F)ccc1-c1cnc(NCc2ccccc2F)s1. The van der Waals surface area contributed by atoms with Crippen molar-refractivity contribution in [3.63, 3.8) is 0 Å². The maximum absolute atomic E-state index is 13.6. The fourth-order valence-electron chi connectivity index (χ4n) is 2.40. The van der Waals surface area contributed by atoms with Crippen LogP contribution in [0.2, 0.25) is 0 Å². The number of aryl methyl sites for hydroxylation is 1. The van der Waals surface area contributed by atoms with E-state index in [1.54, 1.807) is 37.4 Å². The van der Waals surface area contributed by atoms with Gasteiger partial charge in [-0.1, -0.05) is 29.5 Å². The number of rotatable bonds is 5. The Balaban J connectivity index is 1.72. The van der Waals surface area contributed by atoms with Gasteiger partial charge in [0, 0.05) is 18.3 Å². The maximum Gasteiger partial charge on any atom is 0.573 e. The minimum Gasteiger partial charge on any atom is -0.406 e. The predicted octanol–water partition coefficient (Wildman–Crippen LogP) is 5.77. The van der Waals surface area contributed by atoms with Crippen molar-refractivity contribution in [2.45, 2.75) is 19.8 Å². The number of nitrogens with zero attached hydrogens (tertiary/aromatic N) is 1. The Bertz CT molecular complexity index is 908. The van der Waals surface area contributed by atoms with Crippen LogP contribution in [0.4, 0.5) is 22.7 Å². The molecule has 0 spiro atoms. The number of benzene rings is 2. The van der Waals surface area contributed by atoms with Crippen LogP contribution in [-0.2, 0) is 6.54 Å². The van der Waals surface area contributed by atoms with Gasteiger partial charge in [-0.15, -0.1) is 13.2 Å². The van der Waals surface area contributed by atoms with E-state index in [1.807, 2.05) is 0 Å². The van der Waals surface area contributed by atoms with Gasteiger partial charge in [-0.2, -0.15) is 0 Å². The van der Waals surface area contributed by atoms with E-state index in [0.717, 1.165) is 10.4 Å². The summed E-state index contributed by atoms with van der Waals surface area (Å²) in [6, 6.07) is 10.6. The van der Waals surface area contributed by atoms with Crippen molar-refractivity contribution in [2.75, 3.05) is 5.32 Å².